The molecule has 20 heavy (non-hydrogen) atoms. The number of hydrogen-bond acceptors (Lipinski definition) is 7. The fourth-order valence-corrected chi connectivity index (χ4v) is 1.98. The summed E-state index contributed by atoms with van der Waals surface area (Å²) < 4.78 is 0. The number of aliphatic hydroxyl groups excluding tert-OH is 1. The zero-order valence-corrected chi connectivity index (χ0v) is 12.9. The highest BCUT2D eigenvalue weighted by Gasteiger charge is 2.17. The molecule has 0 aromatic carbocycles. The predicted octanol–water partition coefficient (Wildman–Crippen LogP) is 0.897. The molecule has 0 aliphatic heterocycles. The van der Waals surface area contributed by atoms with Crippen LogP contribution in [-0.4, -0.2) is 52.3 Å². The van der Waals surface area contributed by atoms with Gasteiger partial charge in [-0.3, -0.25) is 0 Å². The van der Waals surface area contributed by atoms with E-state index in [1.165, 1.54) is 0 Å². The van der Waals surface area contributed by atoms with Crippen LogP contribution in [0.1, 0.15) is 34.1 Å². The van der Waals surface area contributed by atoms with E-state index in [4.69, 9.17) is 10.8 Å². The Kier molecular flexibility index (Phi) is 6.44. The highest BCUT2D eigenvalue weighted by Crippen LogP contribution is 2.17. The summed E-state index contributed by atoms with van der Waals surface area (Å²) in [6.45, 7) is 10.7. The summed E-state index contributed by atoms with van der Waals surface area (Å²) in [6.07, 6.45) is 0.671. The quantitative estimate of drug-likeness (QED) is 0.731. The minimum atomic E-state index is 0.146. The first-order valence-corrected chi connectivity index (χ1v) is 7.17. The van der Waals surface area contributed by atoms with Crippen molar-refractivity contribution in [3.8, 4) is 0 Å². The Morgan fingerprint density at radius 3 is 2.20 bits per heavy atom. The number of aliphatic hydroxyl groups is 1. The van der Waals surface area contributed by atoms with Crippen molar-refractivity contribution in [3.05, 3.63) is 0 Å². The summed E-state index contributed by atoms with van der Waals surface area (Å²) in [5.41, 5.74) is 5.81. The molecule has 0 bridgehead atoms. The van der Waals surface area contributed by atoms with E-state index >= 15 is 0 Å². The Labute approximate surface area is 120 Å². The van der Waals surface area contributed by atoms with Gasteiger partial charge in [-0.2, -0.15) is 15.0 Å². The maximum Gasteiger partial charge on any atom is 0.232 e. The summed E-state index contributed by atoms with van der Waals surface area (Å²) in [7, 11) is 0. The lowest BCUT2D eigenvalue weighted by Crippen LogP contribution is -2.35. The van der Waals surface area contributed by atoms with Gasteiger partial charge in [0, 0.05) is 32.3 Å². The van der Waals surface area contributed by atoms with Crippen LogP contribution in [0.2, 0.25) is 0 Å². The third-order valence-corrected chi connectivity index (χ3v) is 3.11. The van der Waals surface area contributed by atoms with Crippen LogP contribution in [0.4, 0.5) is 17.8 Å². The second-order valence-corrected chi connectivity index (χ2v) is 4.83. The van der Waals surface area contributed by atoms with Crippen LogP contribution >= 0.6 is 0 Å². The molecule has 0 aliphatic carbocycles. The van der Waals surface area contributed by atoms with Crippen LogP contribution in [0.3, 0.4) is 0 Å². The van der Waals surface area contributed by atoms with Crippen molar-refractivity contribution in [2.75, 3.05) is 41.8 Å². The zero-order chi connectivity index (χ0) is 15.1. The standard InChI is InChI=1S/C13H26N6O/c1-5-18(6-2)12-15-11(14)16-13(17-12)19(10(3)4)8-7-9-20/h10,20H,5-9H2,1-4H3,(H2,14,15,16,17). The molecule has 7 nitrogen and oxygen atoms in total. The van der Waals surface area contributed by atoms with Crippen LogP contribution < -0.4 is 15.5 Å². The smallest absolute Gasteiger partial charge is 0.232 e. The fourth-order valence-electron chi connectivity index (χ4n) is 1.98. The first kappa shape index (κ1) is 16.4. The summed E-state index contributed by atoms with van der Waals surface area (Å²) >= 11 is 0. The van der Waals surface area contributed by atoms with Gasteiger partial charge in [-0.15, -0.1) is 0 Å². The predicted molar refractivity (Wildman–Crippen MR) is 82.0 cm³/mol. The van der Waals surface area contributed by atoms with E-state index in [0.29, 0.717) is 24.9 Å². The van der Waals surface area contributed by atoms with Crippen molar-refractivity contribution in [2.24, 2.45) is 0 Å². The average molecular weight is 282 g/mol. The largest absolute Gasteiger partial charge is 0.396 e. The van der Waals surface area contributed by atoms with E-state index in [9.17, 15) is 0 Å². The first-order chi connectivity index (χ1) is 9.53. The van der Waals surface area contributed by atoms with Gasteiger partial charge < -0.3 is 20.6 Å². The molecule has 0 radical (unpaired) electrons. The maximum absolute atomic E-state index is 9.00. The van der Waals surface area contributed by atoms with Gasteiger partial charge in [-0.05, 0) is 34.1 Å². The Bertz CT molecular complexity index is 408. The molecule has 0 fully saturated rings. The van der Waals surface area contributed by atoms with Crippen LogP contribution in [-0.2, 0) is 0 Å². The molecule has 0 spiro atoms. The normalized spacial score (nSPS) is 10.9. The molecule has 0 saturated carbocycles. The summed E-state index contributed by atoms with van der Waals surface area (Å²) in [5, 5.41) is 9.00. The van der Waals surface area contributed by atoms with Crippen molar-refractivity contribution >= 4 is 17.8 Å². The molecule has 0 atom stereocenters. The van der Waals surface area contributed by atoms with Gasteiger partial charge in [-0.25, -0.2) is 0 Å². The number of nitrogens with two attached hydrogens (primary N) is 1. The number of nitrogens with zero attached hydrogens (tertiary/aromatic N) is 5. The average Bonchev–Trinajstić information content (AvgIpc) is 2.39. The van der Waals surface area contributed by atoms with E-state index in [0.717, 1.165) is 13.1 Å². The second-order valence-electron chi connectivity index (χ2n) is 4.83. The molecule has 1 heterocycles. The molecule has 7 heteroatoms. The monoisotopic (exact) mass is 282 g/mol. The first-order valence-electron chi connectivity index (χ1n) is 7.17. The lowest BCUT2D eigenvalue weighted by atomic mass is 10.3. The molecule has 0 amide bonds. The SMILES string of the molecule is CCN(CC)c1nc(N)nc(N(CCCO)C(C)C)n1. The van der Waals surface area contributed by atoms with Gasteiger partial charge in [0.15, 0.2) is 0 Å². The van der Waals surface area contributed by atoms with Gasteiger partial charge in [0.05, 0.1) is 0 Å². The number of hydrogen-bond donors (Lipinski definition) is 2. The highest BCUT2D eigenvalue weighted by atomic mass is 16.3. The van der Waals surface area contributed by atoms with Gasteiger partial charge in [0.1, 0.15) is 0 Å². The third kappa shape index (κ3) is 4.19. The number of rotatable bonds is 8. The summed E-state index contributed by atoms with van der Waals surface area (Å²) in [4.78, 5) is 17.0. The number of anilines is 3. The molecule has 1 aromatic heterocycles. The van der Waals surface area contributed by atoms with E-state index in [1.54, 1.807) is 0 Å². The zero-order valence-electron chi connectivity index (χ0n) is 12.9. The minimum Gasteiger partial charge on any atom is -0.396 e. The number of nitrogen functional groups attached to an aromatic ring is 1. The van der Waals surface area contributed by atoms with Crippen LogP contribution in [0.15, 0.2) is 0 Å². The van der Waals surface area contributed by atoms with E-state index in [-0.39, 0.29) is 18.6 Å². The Hall–Kier alpha value is -1.63. The molecule has 3 N–H and O–H groups in total. The van der Waals surface area contributed by atoms with Crippen molar-refractivity contribution in [1.29, 1.82) is 0 Å². The van der Waals surface area contributed by atoms with Gasteiger partial charge in [0.25, 0.3) is 0 Å². The minimum absolute atomic E-state index is 0.146. The molecule has 1 aromatic rings. The molecule has 0 aliphatic rings. The van der Waals surface area contributed by atoms with Crippen molar-refractivity contribution in [3.63, 3.8) is 0 Å². The fraction of sp³-hybridized carbons (Fsp3) is 0.769. The van der Waals surface area contributed by atoms with Crippen molar-refractivity contribution in [2.45, 2.75) is 40.2 Å². The lowest BCUT2D eigenvalue weighted by Gasteiger charge is -2.28. The van der Waals surface area contributed by atoms with Crippen LogP contribution in [0, 0.1) is 0 Å². The highest BCUT2D eigenvalue weighted by molar-refractivity contribution is 5.43. The Balaban J connectivity index is 3.08. The van der Waals surface area contributed by atoms with Gasteiger partial charge >= 0.3 is 0 Å². The molecule has 0 unspecified atom stereocenters. The number of aromatic nitrogens is 3. The Morgan fingerprint density at radius 2 is 1.70 bits per heavy atom. The van der Waals surface area contributed by atoms with Gasteiger partial charge in [-0.1, -0.05) is 0 Å². The maximum atomic E-state index is 9.00. The van der Waals surface area contributed by atoms with Crippen LogP contribution in [0.5, 0.6) is 0 Å². The van der Waals surface area contributed by atoms with Crippen molar-refractivity contribution in [1.82, 2.24) is 15.0 Å². The molecular weight excluding hydrogens is 256 g/mol. The van der Waals surface area contributed by atoms with E-state index < -0.39 is 0 Å². The molecule has 0 saturated heterocycles. The third-order valence-electron chi connectivity index (χ3n) is 3.11. The molecular formula is C13H26N6O. The second kappa shape index (κ2) is 7.84. The topological polar surface area (TPSA) is 91.4 Å². The molecule has 114 valence electrons. The Morgan fingerprint density at radius 1 is 1.10 bits per heavy atom. The van der Waals surface area contributed by atoms with Crippen molar-refractivity contribution < 1.29 is 5.11 Å². The summed E-state index contributed by atoms with van der Waals surface area (Å²) in [6, 6.07) is 0.230. The van der Waals surface area contributed by atoms with Crippen LogP contribution in [0.25, 0.3) is 0 Å². The lowest BCUT2D eigenvalue weighted by molar-refractivity contribution is 0.288. The van der Waals surface area contributed by atoms with Gasteiger partial charge in [0.2, 0.25) is 17.8 Å². The van der Waals surface area contributed by atoms with E-state index in [2.05, 4.69) is 42.6 Å². The van der Waals surface area contributed by atoms with E-state index in [1.807, 2.05) is 9.80 Å². The molecule has 1 rings (SSSR count). The summed E-state index contributed by atoms with van der Waals surface area (Å²) in [5.74, 6) is 1.40.